The molecule has 25 heavy (non-hydrogen) atoms. The van der Waals surface area contributed by atoms with E-state index in [0.717, 1.165) is 11.3 Å². The number of nitrogens with zero attached hydrogens (tertiary/aromatic N) is 2. The molecule has 0 unspecified atom stereocenters. The van der Waals surface area contributed by atoms with Crippen LogP contribution in [0.4, 0.5) is 4.39 Å². The Morgan fingerprint density at radius 3 is 2.64 bits per heavy atom. The fourth-order valence-corrected chi connectivity index (χ4v) is 2.69. The average molecular weight is 340 g/mol. The van der Waals surface area contributed by atoms with Crippen LogP contribution in [-0.4, -0.2) is 21.4 Å². The van der Waals surface area contributed by atoms with E-state index in [1.807, 2.05) is 18.5 Å². The number of hydrogen-bond donors (Lipinski definition) is 2. The number of primary amides is 1. The first-order valence-electron chi connectivity index (χ1n) is 7.66. The SMILES string of the molecule is Cc1nc2cc(C(=O)N[C@H](C(N)=O)c3ccccc3F)ccc2n1C. The zero-order valence-electron chi connectivity index (χ0n) is 13.8. The number of halogens is 1. The third-order valence-corrected chi connectivity index (χ3v) is 4.14. The maximum Gasteiger partial charge on any atom is 0.252 e. The van der Waals surface area contributed by atoms with E-state index in [1.165, 1.54) is 18.2 Å². The van der Waals surface area contributed by atoms with Crippen molar-refractivity contribution in [1.82, 2.24) is 14.9 Å². The molecule has 1 atom stereocenters. The lowest BCUT2D eigenvalue weighted by Crippen LogP contribution is -2.38. The van der Waals surface area contributed by atoms with E-state index in [2.05, 4.69) is 10.3 Å². The van der Waals surface area contributed by atoms with Gasteiger partial charge in [0.05, 0.1) is 11.0 Å². The van der Waals surface area contributed by atoms with Crippen LogP contribution in [0.5, 0.6) is 0 Å². The molecule has 128 valence electrons. The Balaban J connectivity index is 1.92. The number of hydrogen-bond acceptors (Lipinski definition) is 3. The first kappa shape index (κ1) is 16.6. The first-order valence-corrected chi connectivity index (χ1v) is 7.66. The molecule has 3 N–H and O–H groups in total. The van der Waals surface area contributed by atoms with Gasteiger partial charge in [0.1, 0.15) is 17.7 Å². The molecule has 3 rings (SSSR count). The van der Waals surface area contributed by atoms with Crippen molar-refractivity contribution in [3.8, 4) is 0 Å². The van der Waals surface area contributed by atoms with Crippen LogP contribution >= 0.6 is 0 Å². The second-order valence-electron chi connectivity index (χ2n) is 5.75. The summed E-state index contributed by atoms with van der Waals surface area (Å²) in [5.74, 6) is -1.17. The zero-order chi connectivity index (χ0) is 18.1. The van der Waals surface area contributed by atoms with E-state index >= 15 is 0 Å². The molecule has 1 heterocycles. The predicted molar refractivity (Wildman–Crippen MR) is 91.3 cm³/mol. The molecule has 0 spiro atoms. The van der Waals surface area contributed by atoms with E-state index in [4.69, 9.17) is 5.73 Å². The third-order valence-electron chi connectivity index (χ3n) is 4.14. The molecule has 0 radical (unpaired) electrons. The van der Waals surface area contributed by atoms with E-state index in [9.17, 15) is 14.0 Å². The lowest BCUT2D eigenvalue weighted by Gasteiger charge is -2.16. The highest BCUT2D eigenvalue weighted by molar-refractivity contribution is 6.00. The van der Waals surface area contributed by atoms with Crippen LogP contribution in [0.15, 0.2) is 42.5 Å². The Kier molecular flexibility index (Phi) is 4.22. The molecule has 0 saturated carbocycles. The number of aromatic nitrogens is 2. The van der Waals surface area contributed by atoms with E-state index in [1.54, 1.807) is 24.3 Å². The summed E-state index contributed by atoms with van der Waals surface area (Å²) in [6.45, 7) is 1.86. The Morgan fingerprint density at radius 1 is 1.24 bits per heavy atom. The van der Waals surface area contributed by atoms with E-state index in [-0.39, 0.29) is 5.56 Å². The van der Waals surface area contributed by atoms with Gasteiger partial charge in [-0.2, -0.15) is 0 Å². The van der Waals surface area contributed by atoms with Crippen LogP contribution in [-0.2, 0) is 11.8 Å². The van der Waals surface area contributed by atoms with Crippen LogP contribution in [0, 0.1) is 12.7 Å². The minimum Gasteiger partial charge on any atom is -0.368 e. The number of fused-ring (bicyclic) bond motifs is 1. The third kappa shape index (κ3) is 3.08. The van der Waals surface area contributed by atoms with Crippen LogP contribution < -0.4 is 11.1 Å². The Morgan fingerprint density at radius 2 is 1.96 bits per heavy atom. The summed E-state index contributed by atoms with van der Waals surface area (Å²) in [4.78, 5) is 28.6. The molecule has 0 fully saturated rings. The van der Waals surface area contributed by atoms with Gasteiger partial charge in [0.25, 0.3) is 5.91 Å². The summed E-state index contributed by atoms with van der Waals surface area (Å²) in [6.07, 6.45) is 0. The molecule has 6 nitrogen and oxygen atoms in total. The Hall–Kier alpha value is -3.22. The van der Waals surface area contributed by atoms with Gasteiger partial charge in [-0.1, -0.05) is 18.2 Å². The molecule has 2 amide bonds. The number of aryl methyl sites for hydroxylation is 2. The molecule has 0 aliphatic heterocycles. The predicted octanol–water partition coefficient (Wildman–Crippen LogP) is 1.98. The minimum atomic E-state index is -1.25. The number of imidazole rings is 1. The minimum absolute atomic E-state index is 0.0260. The molecule has 2 aromatic carbocycles. The Labute approximate surface area is 143 Å². The highest BCUT2D eigenvalue weighted by Gasteiger charge is 2.24. The van der Waals surface area contributed by atoms with Gasteiger partial charge in [0, 0.05) is 18.2 Å². The van der Waals surface area contributed by atoms with Crippen LogP contribution in [0.1, 0.15) is 27.8 Å². The van der Waals surface area contributed by atoms with Gasteiger partial charge in [-0.25, -0.2) is 9.37 Å². The van der Waals surface area contributed by atoms with Crippen molar-refractivity contribution in [2.75, 3.05) is 0 Å². The van der Waals surface area contributed by atoms with E-state index < -0.39 is 23.7 Å². The smallest absolute Gasteiger partial charge is 0.252 e. The molecule has 0 aliphatic carbocycles. The van der Waals surface area contributed by atoms with Gasteiger partial charge in [-0.3, -0.25) is 9.59 Å². The average Bonchev–Trinajstić information content (AvgIpc) is 2.87. The molecule has 0 saturated heterocycles. The van der Waals surface area contributed by atoms with Gasteiger partial charge in [-0.15, -0.1) is 0 Å². The standard InChI is InChI=1S/C18H17FN4O2/c1-10-21-14-9-11(7-8-15(14)23(10)2)18(25)22-16(17(20)24)12-5-3-4-6-13(12)19/h3-9,16H,1-2H3,(H2,20,24)(H,22,25)/t16-/m0/s1. The quantitative estimate of drug-likeness (QED) is 0.761. The lowest BCUT2D eigenvalue weighted by atomic mass is 10.0. The van der Waals surface area contributed by atoms with Crippen LogP contribution in [0.3, 0.4) is 0 Å². The highest BCUT2D eigenvalue weighted by Crippen LogP contribution is 2.19. The van der Waals surface area contributed by atoms with Crippen molar-refractivity contribution in [2.24, 2.45) is 12.8 Å². The van der Waals surface area contributed by atoms with Crippen LogP contribution in [0.25, 0.3) is 11.0 Å². The number of carbonyl (C=O) groups excluding carboxylic acids is 2. The maximum absolute atomic E-state index is 13.9. The summed E-state index contributed by atoms with van der Waals surface area (Å²) in [6, 6.07) is 9.45. The molecule has 0 aliphatic rings. The monoisotopic (exact) mass is 340 g/mol. The Bertz CT molecular complexity index is 980. The number of nitrogens with two attached hydrogens (primary N) is 1. The van der Waals surface area contributed by atoms with Gasteiger partial charge in [0.15, 0.2) is 0 Å². The fraction of sp³-hybridized carbons (Fsp3) is 0.167. The second kappa shape index (κ2) is 6.35. The summed E-state index contributed by atoms with van der Waals surface area (Å²) >= 11 is 0. The number of amides is 2. The molecular formula is C18H17FN4O2. The van der Waals surface area contributed by atoms with Crippen LogP contribution in [0.2, 0.25) is 0 Å². The van der Waals surface area contributed by atoms with Gasteiger partial charge >= 0.3 is 0 Å². The van der Waals surface area contributed by atoms with Gasteiger partial charge < -0.3 is 15.6 Å². The summed E-state index contributed by atoms with van der Waals surface area (Å²) in [5.41, 5.74) is 7.23. The lowest BCUT2D eigenvalue weighted by molar-refractivity contribution is -0.120. The molecular weight excluding hydrogens is 323 g/mol. The molecule has 1 aromatic heterocycles. The normalized spacial score (nSPS) is 12.1. The topological polar surface area (TPSA) is 90.0 Å². The van der Waals surface area contributed by atoms with Crippen molar-refractivity contribution in [3.05, 3.63) is 65.2 Å². The maximum atomic E-state index is 13.9. The van der Waals surface area contributed by atoms with Gasteiger partial charge in [-0.05, 0) is 31.2 Å². The molecule has 3 aromatic rings. The number of rotatable bonds is 4. The van der Waals surface area contributed by atoms with Crippen molar-refractivity contribution < 1.29 is 14.0 Å². The molecule has 0 bridgehead atoms. The molecule has 7 heteroatoms. The number of nitrogens with one attached hydrogen (secondary N) is 1. The number of benzene rings is 2. The summed E-state index contributed by atoms with van der Waals surface area (Å²) < 4.78 is 15.8. The van der Waals surface area contributed by atoms with Crippen molar-refractivity contribution in [2.45, 2.75) is 13.0 Å². The second-order valence-corrected chi connectivity index (χ2v) is 5.75. The summed E-state index contributed by atoms with van der Waals surface area (Å²) in [7, 11) is 1.88. The highest BCUT2D eigenvalue weighted by atomic mass is 19.1. The van der Waals surface area contributed by atoms with E-state index in [0.29, 0.717) is 11.1 Å². The van der Waals surface area contributed by atoms with Crippen molar-refractivity contribution >= 4 is 22.8 Å². The fourth-order valence-electron chi connectivity index (χ4n) is 2.69. The summed E-state index contributed by atoms with van der Waals surface area (Å²) in [5, 5.41) is 2.49. The zero-order valence-corrected chi connectivity index (χ0v) is 13.8. The van der Waals surface area contributed by atoms with Gasteiger partial charge in [0.2, 0.25) is 5.91 Å². The van der Waals surface area contributed by atoms with Crippen molar-refractivity contribution in [1.29, 1.82) is 0 Å². The number of carbonyl (C=O) groups is 2. The van der Waals surface area contributed by atoms with Crippen molar-refractivity contribution in [3.63, 3.8) is 0 Å². The first-order chi connectivity index (χ1) is 11.9. The largest absolute Gasteiger partial charge is 0.368 e.